The van der Waals surface area contributed by atoms with E-state index in [9.17, 15) is 9.59 Å². The minimum atomic E-state index is -0.643. The topological polar surface area (TPSA) is 70.2 Å². The number of halogens is 2. The average Bonchev–Trinajstić information content (AvgIpc) is 2.66. The number of carbonyl (C=O) groups excluding carboxylic acids is 2. The lowest BCUT2D eigenvalue weighted by Gasteiger charge is -2.19. The van der Waals surface area contributed by atoms with Crippen molar-refractivity contribution in [3.63, 3.8) is 0 Å². The van der Waals surface area contributed by atoms with Crippen molar-refractivity contribution in [2.75, 3.05) is 20.1 Å². The van der Waals surface area contributed by atoms with E-state index in [2.05, 4.69) is 16.0 Å². The molecule has 0 bridgehead atoms. The van der Waals surface area contributed by atoms with Crippen LogP contribution in [-0.4, -0.2) is 38.0 Å². The van der Waals surface area contributed by atoms with Crippen molar-refractivity contribution < 1.29 is 9.59 Å². The molecule has 146 valence electrons. The first kappa shape index (κ1) is 23.0. The van der Waals surface area contributed by atoms with Gasteiger partial charge in [-0.25, -0.2) is 0 Å². The van der Waals surface area contributed by atoms with Gasteiger partial charge in [0.1, 0.15) is 6.04 Å². The third-order valence-electron chi connectivity index (χ3n) is 3.91. The number of carbonyl (C=O) groups is 2. The Balaban J connectivity index is 0.00000364. The fourth-order valence-corrected chi connectivity index (χ4v) is 2.63. The van der Waals surface area contributed by atoms with Crippen molar-refractivity contribution in [3.8, 4) is 0 Å². The minimum Gasteiger partial charge on any atom is -0.354 e. The molecule has 0 aliphatic heterocycles. The van der Waals surface area contributed by atoms with E-state index in [4.69, 9.17) is 11.6 Å². The van der Waals surface area contributed by atoms with E-state index >= 15 is 0 Å². The maximum absolute atomic E-state index is 12.6. The number of rotatable bonds is 9. The molecule has 0 aromatic heterocycles. The van der Waals surface area contributed by atoms with Crippen LogP contribution in [-0.2, 0) is 11.2 Å². The van der Waals surface area contributed by atoms with Gasteiger partial charge in [-0.1, -0.05) is 41.9 Å². The lowest BCUT2D eigenvalue weighted by Crippen LogP contribution is -2.48. The van der Waals surface area contributed by atoms with E-state index in [0.717, 1.165) is 18.5 Å². The zero-order valence-electron chi connectivity index (χ0n) is 15.2. The van der Waals surface area contributed by atoms with E-state index in [1.807, 2.05) is 37.4 Å². The van der Waals surface area contributed by atoms with Crippen LogP contribution in [0.5, 0.6) is 0 Å². The first-order valence-electron chi connectivity index (χ1n) is 8.63. The summed E-state index contributed by atoms with van der Waals surface area (Å²) in [6.45, 7) is 1.38. The minimum absolute atomic E-state index is 0. The summed E-state index contributed by atoms with van der Waals surface area (Å²) in [5, 5.41) is 9.32. The Hall–Kier alpha value is -2.08. The zero-order valence-corrected chi connectivity index (χ0v) is 16.8. The van der Waals surface area contributed by atoms with Gasteiger partial charge < -0.3 is 16.0 Å². The molecular formula is C20H25Cl2N3O2. The maximum atomic E-state index is 12.6. The molecule has 2 amide bonds. The van der Waals surface area contributed by atoms with E-state index in [1.54, 1.807) is 24.3 Å². The Morgan fingerprint density at radius 1 is 1.00 bits per heavy atom. The molecule has 27 heavy (non-hydrogen) atoms. The lowest BCUT2D eigenvalue weighted by molar-refractivity contribution is -0.122. The second-order valence-corrected chi connectivity index (χ2v) is 6.41. The van der Waals surface area contributed by atoms with Crippen molar-refractivity contribution in [2.45, 2.75) is 18.9 Å². The quantitative estimate of drug-likeness (QED) is 0.557. The fraction of sp³-hybridized carbons (Fsp3) is 0.300. The van der Waals surface area contributed by atoms with Gasteiger partial charge in [-0.2, -0.15) is 0 Å². The van der Waals surface area contributed by atoms with Gasteiger partial charge >= 0.3 is 0 Å². The molecule has 7 heteroatoms. The van der Waals surface area contributed by atoms with Crippen molar-refractivity contribution in [3.05, 3.63) is 70.7 Å². The Kier molecular flexibility index (Phi) is 10.5. The SMILES string of the molecule is CNCCCNC(=O)C(Cc1ccccc1)NC(=O)c1ccc(Cl)cc1.Cl. The van der Waals surface area contributed by atoms with Crippen LogP contribution >= 0.6 is 24.0 Å². The van der Waals surface area contributed by atoms with Crippen LogP contribution in [0.2, 0.25) is 5.02 Å². The second-order valence-electron chi connectivity index (χ2n) is 5.97. The maximum Gasteiger partial charge on any atom is 0.251 e. The molecule has 1 unspecified atom stereocenters. The Morgan fingerprint density at radius 3 is 2.30 bits per heavy atom. The molecule has 0 aliphatic rings. The zero-order chi connectivity index (χ0) is 18.8. The van der Waals surface area contributed by atoms with Crippen LogP contribution in [0.25, 0.3) is 0 Å². The Labute approximate surface area is 171 Å². The standard InChI is InChI=1S/C20H24ClN3O2.ClH/c1-22-12-5-13-23-20(26)18(14-15-6-3-2-4-7-15)24-19(25)16-8-10-17(21)11-9-16;/h2-4,6-11,18,22H,5,12-14H2,1H3,(H,23,26)(H,24,25);1H. The second kappa shape index (κ2) is 12.3. The number of amides is 2. The summed E-state index contributed by atoms with van der Waals surface area (Å²) in [7, 11) is 1.87. The molecule has 0 spiro atoms. The third-order valence-corrected chi connectivity index (χ3v) is 4.17. The molecular weight excluding hydrogens is 385 g/mol. The number of hydrogen-bond acceptors (Lipinski definition) is 3. The van der Waals surface area contributed by atoms with Gasteiger partial charge in [-0.15, -0.1) is 12.4 Å². The van der Waals surface area contributed by atoms with Gasteiger partial charge in [0.2, 0.25) is 5.91 Å². The monoisotopic (exact) mass is 409 g/mol. The Morgan fingerprint density at radius 2 is 1.67 bits per heavy atom. The van der Waals surface area contributed by atoms with Crippen molar-refractivity contribution in [1.29, 1.82) is 0 Å². The molecule has 2 aromatic rings. The van der Waals surface area contributed by atoms with Crippen LogP contribution in [0.15, 0.2) is 54.6 Å². The molecule has 3 N–H and O–H groups in total. The van der Waals surface area contributed by atoms with Crippen LogP contribution in [0, 0.1) is 0 Å². The van der Waals surface area contributed by atoms with Crippen LogP contribution in [0.1, 0.15) is 22.3 Å². The predicted octanol–water partition coefficient (Wildman–Crippen LogP) is 2.83. The normalized spacial score (nSPS) is 11.2. The summed E-state index contributed by atoms with van der Waals surface area (Å²) in [6.07, 6.45) is 1.25. The first-order valence-corrected chi connectivity index (χ1v) is 9.00. The highest BCUT2D eigenvalue weighted by Gasteiger charge is 2.21. The van der Waals surface area contributed by atoms with Gasteiger partial charge in [0, 0.05) is 23.6 Å². The molecule has 2 aromatic carbocycles. The number of hydrogen-bond donors (Lipinski definition) is 3. The largest absolute Gasteiger partial charge is 0.354 e. The summed E-state index contributed by atoms with van der Waals surface area (Å²) in [4.78, 5) is 25.1. The van der Waals surface area contributed by atoms with E-state index < -0.39 is 6.04 Å². The van der Waals surface area contributed by atoms with Crippen molar-refractivity contribution >= 4 is 35.8 Å². The lowest BCUT2D eigenvalue weighted by atomic mass is 10.0. The van der Waals surface area contributed by atoms with Gasteiger partial charge in [0.05, 0.1) is 0 Å². The molecule has 5 nitrogen and oxygen atoms in total. The average molecular weight is 410 g/mol. The van der Waals surface area contributed by atoms with Gasteiger partial charge in [-0.3, -0.25) is 9.59 Å². The molecule has 0 saturated carbocycles. The molecule has 0 fully saturated rings. The highest BCUT2D eigenvalue weighted by atomic mass is 35.5. The molecule has 0 saturated heterocycles. The fourth-order valence-electron chi connectivity index (χ4n) is 2.50. The smallest absolute Gasteiger partial charge is 0.251 e. The molecule has 0 radical (unpaired) electrons. The van der Waals surface area contributed by atoms with Gasteiger partial charge in [0.15, 0.2) is 0 Å². The van der Waals surface area contributed by atoms with Gasteiger partial charge in [-0.05, 0) is 49.8 Å². The van der Waals surface area contributed by atoms with E-state index in [0.29, 0.717) is 23.6 Å². The molecule has 1 atom stereocenters. The van der Waals surface area contributed by atoms with Crippen LogP contribution in [0.4, 0.5) is 0 Å². The molecule has 2 rings (SSSR count). The van der Waals surface area contributed by atoms with Crippen LogP contribution < -0.4 is 16.0 Å². The summed E-state index contributed by atoms with van der Waals surface area (Å²) in [5.74, 6) is -0.486. The molecule has 0 heterocycles. The molecule has 0 aliphatic carbocycles. The Bertz CT molecular complexity index is 709. The van der Waals surface area contributed by atoms with E-state index in [1.165, 1.54) is 0 Å². The summed E-state index contributed by atoms with van der Waals surface area (Å²) < 4.78 is 0. The number of nitrogens with one attached hydrogen (secondary N) is 3. The van der Waals surface area contributed by atoms with E-state index in [-0.39, 0.29) is 24.2 Å². The van der Waals surface area contributed by atoms with Crippen molar-refractivity contribution in [2.24, 2.45) is 0 Å². The predicted molar refractivity (Wildman–Crippen MR) is 112 cm³/mol. The highest BCUT2D eigenvalue weighted by molar-refractivity contribution is 6.30. The summed E-state index contributed by atoms with van der Waals surface area (Å²) in [6, 6.07) is 15.6. The van der Waals surface area contributed by atoms with Crippen LogP contribution in [0.3, 0.4) is 0 Å². The van der Waals surface area contributed by atoms with Gasteiger partial charge in [0.25, 0.3) is 5.91 Å². The first-order chi connectivity index (χ1) is 12.6. The summed E-state index contributed by atoms with van der Waals surface area (Å²) in [5.41, 5.74) is 1.45. The third kappa shape index (κ3) is 7.99. The van der Waals surface area contributed by atoms with Crippen molar-refractivity contribution in [1.82, 2.24) is 16.0 Å². The number of benzene rings is 2. The summed E-state index contributed by atoms with van der Waals surface area (Å²) >= 11 is 5.86. The highest BCUT2D eigenvalue weighted by Crippen LogP contribution is 2.10.